The summed E-state index contributed by atoms with van der Waals surface area (Å²) in [4.78, 5) is 26.3. The van der Waals surface area contributed by atoms with Crippen LogP contribution in [0.15, 0.2) is 48.5 Å². The Hall–Kier alpha value is -2.76. The zero-order valence-corrected chi connectivity index (χ0v) is 14.9. The molecule has 3 aromatic rings. The number of hydrogen-bond donors (Lipinski definition) is 3. The predicted octanol–water partition coefficient (Wildman–Crippen LogP) is 4.50. The number of H-pyrrole nitrogens is 1. The number of carboxylic acid groups (broad SMARTS) is 1. The molecule has 2 aromatic carbocycles. The maximum atomic E-state index is 12.1. The second-order valence-corrected chi connectivity index (χ2v) is 6.41. The van der Waals surface area contributed by atoms with Crippen LogP contribution in [0.5, 0.6) is 0 Å². The molecule has 3 N–H and O–H groups in total. The van der Waals surface area contributed by atoms with Crippen LogP contribution in [0.3, 0.4) is 0 Å². The average Bonchev–Trinajstić information content (AvgIpc) is 2.98. The van der Waals surface area contributed by atoms with Gasteiger partial charge in [-0.15, -0.1) is 0 Å². The van der Waals surface area contributed by atoms with Gasteiger partial charge in [-0.05, 0) is 23.8 Å². The van der Waals surface area contributed by atoms with Crippen molar-refractivity contribution in [2.45, 2.75) is 6.54 Å². The molecule has 0 atom stereocenters. The van der Waals surface area contributed by atoms with E-state index in [0.717, 1.165) is 5.56 Å². The van der Waals surface area contributed by atoms with Crippen LogP contribution >= 0.6 is 23.2 Å². The first-order valence-corrected chi connectivity index (χ1v) is 8.45. The van der Waals surface area contributed by atoms with E-state index >= 15 is 0 Å². The van der Waals surface area contributed by atoms with E-state index in [1.165, 1.54) is 18.2 Å². The molecule has 0 radical (unpaired) electrons. The second kappa shape index (κ2) is 7.64. The molecular weight excluding hydrogens is 375 g/mol. The van der Waals surface area contributed by atoms with Crippen molar-refractivity contribution in [3.05, 3.63) is 75.4 Å². The van der Waals surface area contributed by atoms with Crippen molar-refractivity contribution < 1.29 is 14.7 Å². The van der Waals surface area contributed by atoms with Gasteiger partial charge in [0.1, 0.15) is 5.69 Å². The highest BCUT2D eigenvalue weighted by Gasteiger charge is 2.18. The monoisotopic (exact) mass is 388 g/mol. The Morgan fingerprint density at radius 1 is 1.15 bits per heavy atom. The molecule has 0 aliphatic carbocycles. The lowest BCUT2D eigenvalue weighted by Crippen LogP contribution is -2.20. The van der Waals surface area contributed by atoms with Gasteiger partial charge >= 0.3 is 5.97 Å². The van der Waals surface area contributed by atoms with E-state index in [4.69, 9.17) is 23.2 Å². The van der Waals surface area contributed by atoms with E-state index in [9.17, 15) is 14.7 Å². The lowest BCUT2D eigenvalue weighted by atomic mass is 10.1. The number of carboxylic acids is 1. The van der Waals surface area contributed by atoms with E-state index in [2.05, 4.69) is 10.3 Å². The lowest BCUT2D eigenvalue weighted by molar-refractivity contribution is -0.116. The summed E-state index contributed by atoms with van der Waals surface area (Å²) in [5.74, 6) is -1.50. The minimum atomic E-state index is -1.15. The number of aromatic amines is 1. The molecule has 1 amide bonds. The molecule has 0 unspecified atom stereocenters. The first-order valence-electron chi connectivity index (χ1n) is 7.69. The molecule has 0 bridgehead atoms. The van der Waals surface area contributed by atoms with Gasteiger partial charge in [0.2, 0.25) is 5.91 Å². The standard InChI is InChI=1S/C19H14Cl2N2O3/c20-12-8-14(21)17-13(18(19(25)26)23-15(17)9-12)6-7-16(24)22-10-11-4-2-1-3-5-11/h1-9,23H,10H2,(H,22,24)(H,25,26). The van der Waals surface area contributed by atoms with Crippen molar-refractivity contribution in [3.8, 4) is 0 Å². The van der Waals surface area contributed by atoms with Crippen LogP contribution in [0.25, 0.3) is 17.0 Å². The SMILES string of the molecule is O=C(C=Cc1c(C(=O)O)[nH]c2cc(Cl)cc(Cl)c12)NCc1ccccc1. The van der Waals surface area contributed by atoms with E-state index in [0.29, 0.717) is 33.1 Å². The number of rotatable bonds is 5. The molecule has 7 heteroatoms. The topological polar surface area (TPSA) is 82.2 Å². The molecule has 0 aliphatic rings. The lowest BCUT2D eigenvalue weighted by Gasteiger charge is -2.02. The molecule has 0 aliphatic heterocycles. The number of nitrogens with one attached hydrogen (secondary N) is 2. The molecular formula is C19H14Cl2N2O3. The zero-order chi connectivity index (χ0) is 18.7. The molecule has 0 saturated heterocycles. The Morgan fingerprint density at radius 3 is 2.58 bits per heavy atom. The van der Waals surface area contributed by atoms with Gasteiger partial charge in [-0.25, -0.2) is 4.79 Å². The third-order valence-electron chi connectivity index (χ3n) is 3.78. The van der Waals surface area contributed by atoms with Gasteiger partial charge in [0.25, 0.3) is 0 Å². The number of benzene rings is 2. The third-order valence-corrected chi connectivity index (χ3v) is 4.29. The maximum absolute atomic E-state index is 12.1. The number of aromatic nitrogens is 1. The van der Waals surface area contributed by atoms with Crippen LogP contribution in [-0.2, 0) is 11.3 Å². The van der Waals surface area contributed by atoms with Crippen molar-refractivity contribution >= 4 is 52.1 Å². The summed E-state index contributed by atoms with van der Waals surface area (Å²) in [6, 6.07) is 12.6. The van der Waals surface area contributed by atoms with Crippen molar-refractivity contribution in [1.29, 1.82) is 0 Å². The van der Waals surface area contributed by atoms with Crippen molar-refractivity contribution in [2.75, 3.05) is 0 Å². The molecule has 1 heterocycles. The first-order chi connectivity index (χ1) is 12.5. The Balaban J connectivity index is 1.87. The summed E-state index contributed by atoms with van der Waals surface area (Å²) in [5, 5.41) is 13.3. The molecule has 1 aromatic heterocycles. The minimum absolute atomic E-state index is 0.0590. The van der Waals surface area contributed by atoms with E-state index in [1.807, 2.05) is 30.3 Å². The summed E-state index contributed by atoms with van der Waals surface area (Å²) < 4.78 is 0. The molecule has 26 heavy (non-hydrogen) atoms. The van der Waals surface area contributed by atoms with Gasteiger partial charge in [0, 0.05) is 34.1 Å². The maximum Gasteiger partial charge on any atom is 0.352 e. The van der Waals surface area contributed by atoms with Gasteiger partial charge in [0.15, 0.2) is 0 Å². The van der Waals surface area contributed by atoms with Gasteiger partial charge in [-0.1, -0.05) is 53.5 Å². The molecule has 132 valence electrons. The fraction of sp³-hybridized carbons (Fsp3) is 0.0526. The van der Waals surface area contributed by atoms with Crippen molar-refractivity contribution in [3.63, 3.8) is 0 Å². The highest BCUT2D eigenvalue weighted by Crippen LogP contribution is 2.33. The summed E-state index contributed by atoms with van der Waals surface area (Å²) >= 11 is 12.2. The Kier molecular flexibility index (Phi) is 5.30. The van der Waals surface area contributed by atoms with Crippen LogP contribution in [0.1, 0.15) is 21.6 Å². The molecule has 0 spiro atoms. The second-order valence-electron chi connectivity index (χ2n) is 5.57. The number of hydrogen-bond acceptors (Lipinski definition) is 2. The number of fused-ring (bicyclic) bond motifs is 1. The number of halogens is 2. The Bertz CT molecular complexity index is 1010. The molecule has 0 saturated carbocycles. The number of carbonyl (C=O) groups excluding carboxylic acids is 1. The third kappa shape index (κ3) is 3.90. The summed E-state index contributed by atoms with van der Waals surface area (Å²) in [6.07, 6.45) is 2.71. The quantitative estimate of drug-likeness (QED) is 0.562. The van der Waals surface area contributed by atoms with Crippen LogP contribution < -0.4 is 5.32 Å². The van der Waals surface area contributed by atoms with Crippen LogP contribution in [0, 0.1) is 0 Å². The summed E-state index contributed by atoms with van der Waals surface area (Å²) in [6.45, 7) is 0.375. The van der Waals surface area contributed by atoms with E-state index < -0.39 is 5.97 Å². The minimum Gasteiger partial charge on any atom is -0.477 e. The molecule has 0 fully saturated rings. The van der Waals surface area contributed by atoms with Crippen molar-refractivity contribution in [1.82, 2.24) is 10.3 Å². The fourth-order valence-electron chi connectivity index (χ4n) is 2.61. The zero-order valence-electron chi connectivity index (χ0n) is 13.4. The summed E-state index contributed by atoms with van der Waals surface area (Å²) in [7, 11) is 0. The largest absolute Gasteiger partial charge is 0.477 e. The molecule has 3 rings (SSSR count). The predicted molar refractivity (Wildman–Crippen MR) is 103 cm³/mol. The van der Waals surface area contributed by atoms with Gasteiger partial charge < -0.3 is 15.4 Å². The number of carbonyl (C=O) groups is 2. The van der Waals surface area contributed by atoms with Gasteiger partial charge in [0.05, 0.1) is 5.02 Å². The number of aromatic carboxylic acids is 1. The smallest absolute Gasteiger partial charge is 0.352 e. The highest BCUT2D eigenvalue weighted by molar-refractivity contribution is 6.39. The average molecular weight is 389 g/mol. The van der Waals surface area contributed by atoms with Gasteiger partial charge in [-0.3, -0.25) is 4.79 Å². The normalized spacial score (nSPS) is 11.2. The van der Waals surface area contributed by atoms with Crippen LogP contribution in [0.2, 0.25) is 10.0 Å². The molecule has 5 nitrogen and oxygen atoms in total. The van der Waals surface area contributed by atoms with Gasteiger partial charge in [-0.2, -0.15) is 0 Å². The van der Waals surface area contributed by atoms with E-state index in [-0.39, 0.29) is 11.6 Å². The van der Waals surface area contributed by atoms with E-state index in [1.54, 1.807) is 6.07 Å². The first kappa shape index (κ1) is 18.0. The fourth-order valence-corrected chi connectivity index (χ4v) is 3.21. The van der Waals surface area contributed by atoms with Crippen LogP contribution in [0.4, 0.5) is 0 Å². The number of amides is 1. The highest BCUT2D eigenvalue weighted by atomic mass is 35.5. The summed E-state index contributed by atoms with van der Waals surface area (Å²) in [5.41, 5.74) is 1.72. The Morgan fingerprint density at radius 2 is 1.88 bits per heavy atom. The Labute approximate surface area is 159 Å². The van der Waals surface area contributed by atoms with Crippen molar-refractivity contribution in [2.24, 2.45) is 0 Å². The van der Waals surface area contributed by atoms with Crippen LogP contribution in [-0.4, -0.2) is 22.0 Å².